The monoisotopic (exact) mass is 300 g/mol. The fourth-order valence-electron chi connectivity index (χ4n) is 2.27. The molecule has 0 atom stereocenters. The lowest BCUT2D eigenvalue weighted by Crippen LogP contribution is -2.16. The van der Waals surface area contributed by atoms with E-state index in [1.165, 1.54) is 16.6 Å². The molecule has 112 valence electrons. The number of aryl methyl sites for hydroxylation is 1. The van der Waals surface area contributed by atoms with Crippen LogP contribution in [0.1, 0.15) is 16.8 Å². The molecular weight excluding hydrogens is 288 g/mol. The first-order chi connectivity index (χ1) is 10.5. The van der Waals surface area contributed by atoms with Crippen LogP contribution in [0.25, 0.3) is 5.65 Å². The topological polar surface area (TPSA) is 114 Å². The molecule has 3 rings (SSSR count). The summed E-state index contributed by atoms with van der Waals surface area (Å²) in [7, 11) is 0. The quantitative estimate of drug-likeness (QED) is 0.562. The van der Waals surface area contributed by atoms with E-state index in [0.717, 1.165) is 0 Å². The molecule has 0 saturated carbocycles. The van der Waals surface area contributed by atoms with Crippen molar-refractivity contribution >= 4 is 11.3 Å². The minimum atomic E-state index is -0.493. The molecule has 1 aromatic carbocycles. The molecule has 22 heavy (non-hydrogen) atoms. The van der Waals surface area contributed by atoms with Crippen LogP contribution in [0, 0.1) is 17.0 Å². The highest BCUT2D eigenvalue weighted by Crippen LogP contribution is 2.19. The lowest BCUT2D eigenvalue weighted by atomic mass is 10.1. The van der Waals surface area contributed by atoms with Crippen molar-refractivity contribution in [2.45, 2.75) is 13.3 Å². The first kappa shape index (κ1) is 13.8. The van der Waals surface area contributed by atoms with Gasteiger partial charge in [-0.1, -0.05) is 12.1 Å². The van der Waals surface area contributed by atoms with E-state index in [4.69, 9.17) is 0 Å². The smallest absolute Gasteiger partial charge is 0.269 e. The maximum Gasteiger partial charge on any atom is 0.269 e. The molecule has 0 saturated heterocycles. The zero-order chi connectivity index (χ0) is 15.9. The van der Waals surface area contributed by atoms with Gasteiger partial charge >= 0.3 is 0 Å². The van der Waals surface area contributed by atoms with Crippen molar-refractivity contribution in [1.82, 2.24) is 14.6 Å². The van der Waals surface area contributed by atoms with Crippen molar-refractivity contribution in [2.24, 2.45) is 0 Å². The molecule has 0 aliphatic carbocycles. The maximum atomic E-state index is 12.1. The molecule has 3 aromatic rings. The summed E-state index contributed by atoms with van der Waals surface area (Å²) in [4.78, 5) is 24.9. The molecule has 0 bridgehead atoms. The number of nitro groups is 1. The predicted octanol–water partition coefficient (Wildman–Crippen LogP) is 1.54. The molecule has 0 aliphatic heterocycles. The average molecular weight is 300 g/mol. The number of nitro benzene ring substituents is 1. The van der Waals surface area contributed by atoms with Gasteiger partial charge in [0.05, 0.1) is 16.2 Å². The van der Waals surface area contributed by atoms with Gasteiger partial charge in [-0.25, -0.2) is 0 Å². The molecule has 0 unspecified atom stereocenters. The van der Waals surface area contributed by atoms with Crippen molar-refractivity contribution in [3.05, 3.63) is 67.6 Å². The second kappa shape index (κ2) is 4.99. The SMILES string of the molecule is Cc1cc2[nH]c(=O)c(Cc3ccc([N+](=O)[O-])cc3)c(O)n2n1. The highest BCUT2D eigenvalue weighted by molar-refractivity contribution is 5.45. The maximum absolute atomic E-state index is 12.1. The zero-order valence-electron chi connectivity index (χ0n) is 11.6. The molecule has 2 N–H and O–H groups in total. The van der Waals surface area contributed by atoms with E-state index >= 15 is 0 Å². The number of aromatic amines is 1. The second-order valence-electron chi connectivity index (χ2n) is 4.94. The van der Waals surface area contributed by atoms with E-state index in [1.807, 2.05) is 0 Å². The van der Waals surface area contributed by atoms with Gasteiger partial charge in [0.15, 0.2) is 0 Å². The minimum Gasteiger partial charge on any atom is -0.493 e. The van der Waals surface area contributed by atoms with E-state index in [-0.39, 0.29) is 23.6 Å². The Morgan fingerprint density at radius 1 is 1.36 bits per heavy atom. The zero-order valence-corrected chi connectivity index (χ0v) is 11.6. The fraction of sp³-hybridized carbons (Fsp3) is 0.143. The summed E-state index contributed by atoms with van der Waals surface area (Å²) in [6, 6.07) is 7.47. The Labute approximate surface area is 123 Å². The second-order valence-corrected chi connectivity index (χ2v) is 4.94. The molecule has 0 radical (unpaired) electrons. The van der Waals surface area contributed by atoms with Gasteiger partial charge in [0, 0.05) is 24.6 Å². The number of fused-ring (bicyclic) bond motifs is 1. The van der Waals surface area contributed by atoms with Crippen molar-refractivity contribution in [1.29, 1.82) is 0 Å². The Hall–Kier alpha value is -3.16. The van der Waals surface area contributed by atoms with Crippen LogP contribution in [-0.4, -0.2) is 24.6 Å². The number of non-ortho nitro benzene ring substituents is 1. The molecule has 0 fully saturated rings. The summed E-state index contributed by atoms with van der Waals surface area (Å²) in [6.07, 6.45) is 0.147. The molecule has 0 amide bonds. The molecular formula is C14H12N4O4. The summed E-state index contributed by atoms with van der Waals surface area (Å²) < 4.78 is 1.26. The minimum absolute atomic E-state index is 0.0277. The Kier molecular flexibility index (Phi) is 3.13. The normalized spacial score (nSPS) is 11.0. The Bertz CT molecular complexity index is 924. The van der Waals surface area contributed by atoms with Gasteiger partial charge in [-0.2, -0.15) is 9.61 Å². The number of nitrogens with one attached hydrogen (secondary N) is 1. The number of H-pyrrole nitrogens is 1. The van der Waals surface area contributed by atoms with Crippen molar-refractivity contribution < 1.29 is 10.0 Å². The van der Waals surface area contributed by atoms with Crippen molar-refractivity contribution in [3.8, 4) is 5.88 Å². The van der Waals surface area contributed by atoms with Crippen LogP contribution >= 0.6 is 0 Å². The summed E-state index contributed by atoms with van der Waals surface area (Å²) in [5.41, 5.74) is 1.47. The standard InChI is InChI=1S/C14H12N4O4/c1-8-6-12-15-13(19)11(14(20)17(12)16-8)7-9-2-4-10(5-3-9)18(21)22/h2-6,20H,7H2,1H3,(H,15,19). The van der Waals surface area contributed by atoms with Gasteiger partial charge in [0.1, 0.15) is 5.65 Å². The molecule has 0 spiro atoms. The predicted molar refractivity (Wildman–Crippen MR) is 78.1 cm³/mol. The Balaban J connectivity index is 2.03. The summed E-state index contributed by atoms with van der Waals surface area (Å²) in [5, 5.41) is 24.9. The number of rotatable bonds is 3. The van der Waals surface area contributed by atoms with Crippen LogP contribution in [0.5, 0.6) is 5.88 Å². The van der Waals surface area contributed by atoms with Crippen molar-refractivity contribution in [3.63, 3.8) is 0 Å². The lowest BCUT2D eigenvalue weighted by Gasteiger charge is -2.05. The number of aromatic hydroxyl groups is 1. The molecule has 2 heterocycles. The van der Waals surface area contributed by atoms with E-state index in [2.05, 4.69) is 10.1 Å². The molecule has 8 nitrogen and oxygen atoms in total. The third-order valence-electron chi connectivity index (χ3n) is 3.35. The Morgan fingerprint density at radius 2 is 2.05 bits per heavy atom. The van der Waals surface area contributed by atoms with Crippen molar-refractivity contribution in [2.75, 3.05) is 0 Å². The molecule has 0 aliphatic rings. The van der Waals surface area contributed by atoms with Crippen LogP contribution in [0.15, 0.2) is 35.1 Å². The summed E-state index contributed by atoms with van der Waals surface area (Å²) >= 11 is 0. The summed E-state index contributed by atoms with van der Waals surface area (Å²) in [6.45, 7) is 1.75. The number of aromatic nitrogens is 3. The van der Waals surface area contributed by atoms with Gasteiger partial charge < -0.3 is 10.1 Å². The largest absolute Gasteiger partial charge is 0.493 e. The molecule has 2 aromatic heterocycles. The van der Waals surface area contributed by atoms with Crippen LogP contribution in [0.4, 0.5) is 5.69 Å². The van der Waals surface area contributed by atoms with Crippen LogP contribution in [0.3, 0.4) is 0 Å². The average Bonchev–Trinajstić information content (AvgIpc) is 2.84. The van der Waals surface area contributed by atoms with Crippen LogP contribution in [-0.2, 0) is 6.42 Å². The summed E-state index contributed by atoms with van der Waals surface area (Å²) in [5.74, 6) is -0.231. The fourth-order valence-corrected chi connectivity index (χ4v) is 2.27. The number of benzene rings is 1. The van der Waals surface area contributed by atoms with E-state index < -0.39 is 10.5 Å². The van der Waals surface area contributed by atoms with Gasteiger partial charge in [0.2, 0.25) is 5.88 Å². The third-order valence-corrected chi connectivity index (χ3v) is 3.35. The lowest BCUT2D eigenvalue weighted by molar-refractivity contribution is -0.384. The van der Waals surface area contributed by atoms with Gasteiger partial charge in [-0.05, 0) is 12.5 Å². The number of hydrogen-bond acceptors (Lipinski definition) is 5. The highest BCUT2D eigenvalue weighted by atomic mass is 16.6. The van der Waals surface area contributed by atoms with Gasteiger partial charge in [-0.3, -0.25) is 14.9 Å². The Morgan fingerprint density at radius 3 is 2.68 bits per heavy atom. The molecule has 8 heteroatoms. The van der Waals surface area contributed by atoms with E-state index in [9.17, 15) is 20.0 Å². The van der Waals surface area contributed by atoms with Gasteiger partial charge in [-0.15, -0.1) is 0 Å². The van der Waals surface area contributed by atoms with Gasteiger partial charge in [0.25, 0.3) is 11.2 Å². The van der Waals surface area contributed by atoms with Crippen LogP contribution in [0.2, 0.25) is 0 Å². The first-order valence-corrected chi connectivity index (χ1v) is 6.49. The highest BCUT2D eigenvalue weighted by Gasteiger charge is 2.14. The number of hydrogen-bond donors (Lipinski definition) is 2. The van der Waals surface area contributed by atoms with E-state index in [0.29, 0.717) is 16.9 Å². The van der Waals surface area contributed by atoms with Crippen LogP contribution < -0.4 is 5.56 Å². The number of nitrogens with zero attached hydrogens (tertiary/aromatic N) is 3. The first-order valence-electron chi connectivity index (χ1n) is 6.49. The third kappa shape index (κ3) is 2.30. The van der Waals surface area contributed by atoms with E-state index in [1.54, 1.807) is 25.1 Å².